The second kappa shape index (κ2) is 6.48. The highest BCUT2D eigenvalue weighted by Crippen LogP contribution is 2.26. The van der Waals surface area contributed by atoms with Gasteiger partial charge >= 0.3 is 0 Å². The van der Waals surface area contributed by atoms with E-state index in [1.165, 1.54) is 12.1 Å². The second-order valence-electron chi connectivity index (χ2n) is 4.50. The molecule has 0 bridgehead atoms. The van der Waals surface area contributed by atoms with Crippen LogP contribution in [-0.4, -0.2) is 6.54 Å². The van der Waals surface area contributed by atoms with Gasteiger partial charge in [0, 0.05) is 6.04 Å². The average Bonchev–Trinajstić information content (AvgIpc) is 2.45. The molecule has 1 unspecified atom stereocenters. The SMILES string of the molecule is CCNC(C)c1ccc(Oc2cccc(F)c2F)cc1. The molecule has 2 aromatic carbocycles. The number of hydrogen-bond acceptors (Lipinski definition) is 2. The standard InChI is InChI=1S/C16H17F2NO/c1-3-19-11(2)12-7-9-13(10-8-12)20-15-6-4-5-14(17)16(15)18/h4-11,19H,3H2,1-2H3. The Balaban J connectivity index is 2.13. The molecule has 0 aliphatic carbocycles. The highest BCUT2D eigenvalue weighted by Gasteiger charge is 2.10. The van der Waals surface area contributed by atoms with Crippen LogP contribution >= 0.6 is 0 Å². The van der Waals surface area contributed by atoms with E-state index in [1.807, 2.05) is 19.1 Å². The molecule has 2 rings (SSSR count). The van der Waals surface area contributed by atoms with E-state index in [9.17, 15) is 8.78 Å². The molecule has 0 aromatic heterocycles. The zero-order valence-electron chi connectivity index (χ0n) is 11.5. The Bertz CT molecular complexity index is 569. The number of ether oxygens (including phenoxy) is 1. The van der Waals surface area contributed by atoms with E-state index >= 15 is 0 Å². The Labute approximate surface area is 117 Å². The van der Waals surface area contributed by atoms with E-state index in [0.717, 1.165) is 18.2 Å². The van der Waals surface area contributed by atoms with Crippen molar-refractivity contribution in [2.24, 2.45) is 0 Å². The van der Waals surface area contributed by atoms with Gasteiger partial charge < -0.3 is 10.1 Å². The minimum atomic E-state index is -0.974. The maximum absolute atomic E-state index is 13.5. The third-order valence-electron chi connectivity index (χ3n) is 3.03. The first-order valence-corrected chi connectivity index (χ1v) is 6.57. The first kappa shape index (κ1) is 14.5. The molecule has 106 valence electrons. The van der Waals surface area contributed by atoms with Crippen molar-refractivity contribution in [1.29, 1.82) is 0 Å². The smallest absolute Gasteiger partial charge is 0.201 e. The molecule has 1 N–H and O–H groups in total. The Hall–Kier alpha value is -1.94. The zero-order chi connectivity index (χ0) is 14.5. The Kier molecular flexibility index (Phi) is 4.69. The number of benzene rings is 2. The van der Waals surface area contributed by atoms with Gasteiger partial charge in [-0.2, -0.15) is 4.39 Å². The van der Waals surface area contributed by atoms with Gasteiger partial charge in [-0.05, 0) is 43.3 Å². The summed E-state index contributed by atoms with van der Waals surface area (Å²) in [5.41, 5.74) is 1.11. The summed E-state index contributed by atoms with van der Waals surface area (Å²) in [6, 6.07) is 11.4. The third kappa shape index (κ3) is 3.33. The first-order valence-electron chi connectivity index (χ1n) is 6.57. The lowest BCUT2D eigenvalue weighted by molar-refractivity contribution is 0.416. The predicted octanol–water partition coefficient (Wildman–Crippen LogP) is 4.43. The summed E-state index contributed by atoms with van der Waals surface area (Å²) in [7, 11) is 0. The van der Waals surface area contributed by atoms with E-state index in [1.54, 1.807) is 12.1 Å². The minimum absolute atomic E-state index is 0.113. The van der Waals surface area contributed by atoms with Crippen molar-refractivity contribution in [3.8, 4) is 11.5 Å². The van der Waals surface area contributed by atoms with Crippen LogP contribution in [0.3, 0.4) is 0 Å². The highest BCUT2D eigenvalue weighted by atomic mass is 19.2. The van der Waals surface area contributed by atoms with Crippen LogP contribution in [0, 0.1) is 11.6 Å². The lowest BCUT2D eigenvalue weighted by Crippen LogP contribution is -2.17. The maximum atomic E-state index is 13.5. The van der Waals surface area contributed by atoms with Crippen molar-refractivity contribution in [1.82, 2.24) is 5.32 Å². The van der Waals surface area contributed by atoms with Crippen molar-refractivity contribution in [3.05, 3.63) is 59.7 Å². The van der Waals surface area contributed by atoms with Gasteiger partial charge in [0.05, 0.1) is 0 Å². The molecule has 0 fully saturated rings. The average molecular weight is 277 g/mol. The number of hydrogen-bond donors (Lipinski definition) is 1. The predicted molar refractivity (Wildman–Crippen MR) is 75.0 cm³/mol. The van der Waals surface area contributed by atoms with Gasteiger partial charge in [0.1, 0.15) is 5.75 Å². The molecule has 0 saturated heterocycles. The van der Waals surface area contributed by atoms with Crippen molar-refractivity contribution in [3.63, 3.8) is 0 Å². The van der Waals surface area contributed by atoms with Gasteiger partial charge in [0.15, 0.2) is 11.6 Å². The van der Waals surface area contributed by atoms with Crippen molar-refractivity contribution >= 4 is 0 Å². The number of nitrogens with one attached hydrogen (secondary N) is 1. The molecule has 0 aliphatic heterocycles. The third-order valence-corrected chi connectivity index (χ3v) is 3.03. The van der Waals surface area contributed by atoms with Crippen LogP contribution < -0.4 is 10.1 Å². The molecule has 0 amide bonds. The molecule has 0 heterocycles. The van der Waals surface area contributed by atoms with Crippen LogP contribution in [-0.2, 0) is 0 Å². The van der Waals surface area contributed by atoms with E-state index in [2.05, 4.69) is 12.2 Å². The molecule has 2 aromatic rings. The van der Waals surface area contributed by atoms with Crippen LogP contribution in [0.1, 0.15) is 25.5 Å². The Morgan fingerprint density at radius 2 is 1.80 bits per heavy atom. The summed E-state index contributed by atoms with van der Waals surface area (Å²) >= 11 is 0. The summed E-state index contributed by atoms with van der Waals surface area (Å²) in [6.07, 6.45) is 0. The minimum Gasteiger partial charge on any atom is -0.454 e. The van der Waals surface area contributed by atoms with Crippen LogP contribution in [0.5, 0.6) is 11.5 Å². The van der Waals surface area contributed by atoms with Gasteiger partial charge in [0.2, 0.25) is 5.82 Å². The molecular formula is C16H17F2NO. The number of halogens is 2. The van der Waals surface area contributed by atoms with Crippen molar-refractivity contribution in [2.75, 3.05) is 6.54 Å². The van der Waals surface area contributed by atoms with Gasteiger partial charge in [-0.3, -0.25) is 0 Å². The molecule has 0 aliphatic rings. The Morgan fingerprint density at radius 3 is 2.45 bits per heavy atom. The fourth-order valence-electron chi connectivity index (χ4n) is 1.94. The lowest BCUT2D eigenvalue weighted by atomic mass is 10.1. The zero-order valence-corrected chi connectivity index (χ0v) is 11.5. The van der Waals surface area contributed by atoms with Gasteiger partial charge in [-0.25, -0.2) is 4.39 Å². The molecule has 0 saturated carbocycles. The fraction of sp³-hybridized carbons (Fsp3) is 0.250. The van der Waals surface area contributed by atoms with Gasteiger partial charge in [0.25, 0.3) is 0 Å². The summed E-state index contributed by atoms with van der Waals surface area (Å²) in [6.45, 7) is 4.99. The van der Waals surface area contributed by atoms with Crippen molar-refractivity contribution < 1.29 is 13.5 Å². The van der Waals surface area contributed by atoms with E-state index in [-0.39, 0.29) is 11.8 Å². The van der Waals surface area contributed by atoms with E-state index < -0.39 is 11.6 Å². The quantitative estimate of drug-likeness (QED) is 0.873. The highest BCUT2D eigenvalue weighted by molar-refractivity contribution is 5.34. The summed E-state index contributed by atoms with van der Waals surface area (Å²) in [4.78, 5) is 0. The van der Waals surface area contributed by atoms with Crippen LogP contribution in [0.4, 0.5) is 8.78 Å². The summed E-state index contributed by atoms with van der Waals surface area (Å²) < 4.78 is 31.9. The molecule has 1 atom stereocenters. The first-order chi connectivity index (χ1) is 9.61. The Morgan fingerprint density at radius 1 is 1.10 bits per heavy atom. The molecule has 2 nitrogen and oxygen atoms in total. The monoisotopic (exact) mass is 277 g/mol. The topological polar surface area (TPSA) is 21.3 Å². The van der Waals surface area contributed by atoms with Crippen LogP contribution in [0.25, 0.3) is 0 Å². The van der Waals surface area contributed by atoms with Crippen molar-refractivity contribution in [2.45, 2.75) is 19.9 Å². The van der Waals surface area contributed by atoms with E-state index in [0.29, 0.717) is 5.75 Å². The molecular weight excluding hydrogens is 260 g/mol. The van der Waals surface area contributed by atoms with Gasteiger partial charge in [-0.15, -0.1) is 0 Å². The van der Waals surface area contributed by atoms with E-state index in [4.69, 9.17) is 4.74 Å². The maximum Gasteiger partial charge on any atom is 0.201 e. The molecule has 20 heavy (non-hydrogen) atoms. The summed E-state index contributed by atoms with van der Waals surface area (Å²) in [5, 5.41) is 3.30. The second-order valence-corrected chi connectivity index (χ2v) is 4.50. The van der Waals surface area contributed by atoms with Crippen LogP contribution in [0.2, 0.25) is 0 Å². The fourth-order valence-corrected chi connectivity index (χ4v) is 1.94. The molecule has 0 spiro atoms. The van der Waals surface area contributed by atoms with Crippen LogP contribution in [0.15, 0.2) is 42.5 Å². The molecule has 0 radical (unpaired) electrons. The number of rotatable bonds is 5. The lowest BCUT2D eigenvalue weighted by Gasteiger charge is -2.13. The normalized spacial score (nSPS) is 12.2. The summed E-state index contributed by atoms with van der Waals surface area (Å²) in [5.74, 6) is -1.53. The molecule has 4 heteroatoms. The largest absolute Gasteiger partial charge is 0.454 e. The van der Waals surface area contributed by atoms with Gasteiger partial charge in [-0.1, -0.05) is 25.1 Å².